The molecule has 1 aromatic heterocycles. The van der Waals surface area contributed by atoms with E-state index in [0.29, 0.717) is 12.5 Å². The molecular weight excluding hydrogens is 197 g/mol. The Kier molecular flexibility index (Phi) is 4.23. The van der Waals surface area contributed by atoms with Crippen molar-refractivity contribution in [3.63, 3.8) is 0 Å². The van der Waals surface area contributed by atoms with Gasteiger partial charge in [0.25, 0.3) is 0 Å². The van der Waals surface area contributed by atoms with Crippen LogP contribution >= 0.6 is 0 Å². The van der Waals surface area contributed by atoms with Crippen molar-refractivity contribution in [2.45, 2.75) is 0 Å². The van der Waals surface area contributed by atoms with E-state index >= 15 is 0 Å². The monoisotopic (exact) mass is 213 g/mol. The van der Waals surface area contributed by atoms with E-state index in [1.807, 2.05) is 19.0 Å². The zero-order valence-corrected chi connectivity index (χ0v) is 9.21. The third-order valence-corrected chi connectivity index (χ3v) is 1.82. The van der Waals surface area contributed by atoms with Crippen molar-refractivity contribution in [3.8, 4) is 0 Å². The molecule has 0 spiro atoms. The first-order valence-electron chi connectivity index (χ1n) is 4.72. The summed E-state index contributed by atoms with van der Waals surface area (Å²) in [6.07, 6.45) is 1.15. The molecule has 0 aliphatic heterocycles. The Balaban J connectivity index is 2.59. The average molecular weight is 213 g/mol. The Hall–Kier alpha value is -1.43. The Bertz CT molecular complexity index is 315. The van der Waals surface area contributed by atoms with Crippen molar-refractivity contribution < 1.29 is 4.39 Å². The fourth-order valence-corrected chi connectivity index (χ4v) is 1.01. The highest BCUT2D eigenvalue weighted by Crippen LogP contribution is 2.10. The van der Waals surface area contributed by atoms with Crippen LogP contribution in [0, 0.1) is 5.82 Å². The Morgan fingerprint density at radius 3 is 2.80 bits per heavy atom. The summed E-state index contributed by atoms with van der Waals surface area (Å²) in [7, 11) is 5.60. The highest BCUT2D eigenvalue weighted by Gasteiger charge is 2.05. The second-order valence-electron chi connectivity index (χ2n) is 3.37. The van der Waals surface area contributed by atoms with E-state index in [1.54, 1.807) is 7.05 Å². The van der Waals surface area contributed by atoms with Crippen LogP contribution in [0.4, 0.5) is 16.2 Å². The maximum absolute atomic E-state index is 13.2. The standard InChI is InChI=1S/C9H16FN5/c1-11-9-13-6-7(10)8(14-9)12-4-5-15(2)3/h6H,4-5H2,1-3H3,(H2,11,12,13,14). The normalized spacial score (nSPS) is 10.5. The van der Waals surface area contributed by atoms with E-state index in [0.717, 1.165) is 12.7 Å². The van der Waals surface area contributed by atoms with Gasteiger partial charge in [0.05, 0.1) is 6.20 Å². The van der Waals surface area contributed by atoms with Crippen LogP contribution in [0.25, 0.3) is 0 Å². The molecule has 5 nitrogen and oxygen atoms in total. The number of aromatic nitrogens is 2. The van der Waals surface area contributed by atoms with Gasteiger partial charge in [-0.15, -0.1) is 0 Å². The lowest BCUT2D eigenvalue weighted by Gasteiger charge is -2.11. The first-order chi connectivity index (χ1) is 7.13. The van der Waals surface area contributed by atoms with Crippen molar-refractivity contribution in [1.82, 2.24) is 14.9 Å². The molecule has 84 valence electrons. The number of nitrogens with one attached hydrogen (secondary N) is 2. The number of hydrogen-bond donors (Lipinski definition) is 2. The van der Waals surface area contributed by atoms with Crippen LogP contribution in [-0.4, -0.2) is 49.1 Å². The first-order valence-corrected chi connectivity index (χ1v) is 4.72. The molecule has 0 saturated carbocycles. The second-order valence-corrected chi connectivity index (χ2v) is 3.37. The molecule has 6 heteroatoms. The summed E-state index contributed by atoms with van der Waals surface area (Å²) in [4.78, 5) is 9.72. The molecule has 0 aliphatic carbocycles. The fraction of sp³-hybridized carbons (Fsp3) is 0.556. The van der Waals surface area contributed by atoms with Gasteiger partial charge in [-0.05, 0) is 14.1 Å². The molecule has 0 amide bonds. The van der Waals surface area contributed by atoms with E-state index in [2.05, 4.69) is 20.6 Å². The molecule has 0 aliphatic rings. The summed E-state index contributed by atoms with van der Waals surface area (Å²) in [5.74, 6) is 0.202. The summed E-state index contributed by atoms with van der Waals surface area (Å²) in [5, 5.41) is 5.67. The van der Waals surface area contributed by atoms with Gasteiger partial charge in [0.15, 0.2) is 11.6 Å². The van der Waals surface area contributed by atoms with Gasteiger partial charge in [-0.2, -0.15) is 4.98 Å². The molecular formula is C9H16FN5. The largest absolute Gasteiger partial charge is 0.366 e. The van der Waals surface area contributed by atoms with E-state index in [4.69, 9.17) is 0 Å². The van der Waals surface area contributed by atoms with Gasteiger partial charge in [-0.25, -0.2) is 9.37 Å². The van der Waals surface area contributed by atoms with Crippen molar-refractivity contribution in [1.29, 1.82) is 0 Å². The lowest BCUT2D eigenvalue weighted by molar-refractivity contribution is 0.424. The third kappa shape index (κ3) is 3.67. The highest BCUT2D eigenvalue weighted by molar-refractivity contribution is 5.40. The SMILES string of the molecule is CNc1ncc(F)c(NCCN(C)C)n1. The summed E-state index contributed by atoms with van der Waals surface area (Å²) in [5.41, 5.74) is 0. The summed E-state index contributed by atoms with van der Waals surface area (Å²) in [6.45, 7) is 1.46. The smallest absolute Gasteiger partial charge is 0.224 e. The maximum atomic E-state index is 13.2. The molecule has 0 bridgehead atoms. The van der Waals surface area contributed by atoms with Gasteiger partial charge in [-0.3, -0.25) is 0 Å². The molecule has 15 heavy (non-hydrogen) atoms. The van der Waals surface area contributed by atoms with Crippen LogP contribution in [0.2, 0.25) is 0 Å². The minimum absolute atomic E-state index is 0.233. The van der Waals surface area contributed by atoms with Crippen LogP contribution in [0.5, 0.6) is 0 Å². The van der Waals surface area contributed by atoms with Crippen molar-refractivity contribution >= 4 is 11.8 Å². The fourth-order valence-electron chi connectivity index (χ4n) is 1.01. The van der Waals surface area contributed by atoms with Gasteiger partial charge >= 0.3 is 0 Å². The van der Waals surface area contributed by atoms with Gasteiger partial charge < -0.3 is 15.5 Å². The Morgan fingerprint density at radius 1 is 1.47 bits per heavy atom. The van der Waals surface area contributed by atoms with Gasteiger partial charge in [0, 0.05) is 20.1 Å². The topological polar surface area (TPSA) is 53.1 Å². The van der Waals surface area contributed by atoms with Gasteiger partial charge in [0.2, 0.25) is 5.95 Å². The van der Waals surface area contributed by atoms with Crippen LogP contribution in [-0.2, 0) is 0 Å². The van der Waals surface area contributed by atoms with Crippen LogP contribution in [0.1, 0.15) is 0 Å². The van der Waals surface area contributed by atoms with Gasteiger partial charge in [-0.1, -0.05) is 0 Å². The zero-order chi connectivity index (χ0) is 11.3. The second kappa shape index (κ2) is 5.45. The molecule has 0 fully saturated rings. The van der Waals surface area contributed by atoms with Crippen molar-refractivity contribution in [2.24, 2.45) is 0 Å². The summed E-state index contributed by atoms with van der Waals surface area (Å²) in [6, 6.07) is 0. The molecule has 0 aromatic carbocycles. The summed E-state index contributed by atoms with van der Waals surface area (Å²) >= 11 is 0. The summed E-state index contributed by atoms with van der Waals surface area (Å²) < 4.78 is 13.2. The lowest BCUT2D eigenvalue weighted by Crippen LogP contribution is -2.21. The van der Waals surface area contributed by atoms with Crippen molar-refractivity contribution in [3.05, 3.63) is 12.0 Å². The first kappa shape index (κ1) is 11.6. The number of halogens is 1. The number of rotatable bonds is 5. The van der Waals surface area contributed by atoms with Crippen LogP contribution < -0.4 is 10.6 Å². The molecule has 0 unspecified atom stereocenters. The van der Waals surface area contributed by atoms with Crippen molar-refractivity contribution in [2.75, 3.05) is 44.9 Å². The number of nitrogens with zero attached hydrogens (tertiary/aromatic N) is 3. The van der Waals surface area contributed by atoms with E-state index < -0.39 is 5.82 Å². The maximum Gasteiger partial charge on any atom is 0.224 e. The Morgan fingerprint density at radius 2 is 2.20 bits per heavy atom. The quantitative estimate of drug-likeness (QED) is 0.751. The minimum Gasteiger partial charge on any atom is -0.366 e. The van der Waals surface area contributed by atoms with Crippen LogP contribution in [0.3, 0.4) is 0 Å². The Labute approximate surface area is 88.7 Å². The predicted molar refractivity (Wildman–Crippen MR) is 58.6 cm³/mol. The molecule has 0 saturated heterocycles. The molecule has 1 aromatic rings. The van der Waals surface area contributed by atoms with E-state index in [9.17, 15) is 4.39 Å². The molecule has 2 N–H and O–H groups in total. The van der Waals surface area contributed by atoms with E-state index in [-0.39, 0.29) is 5.82 Å². The lowest BCUT2D eigenvalue weighted by atomic mass is 10.5. The zero-order valence-electron chi connectivity index (χ0n) is 9.21. The highest BCUT2D eigenvalue weighted by atomic mass is 19.1. The van der Waals surface area contributed by atoms with Crippen LogP contribution in [0.15, 0.2) is 6.20 Å². The minimum atomic E-state index is -0.437. The number of hydrogen-bond acceptors (Lipinski definition) is 5. The number of anilines is 2. The predicted octanol–water partition coefficient (Wildman–Crippen LogP) is 0.631. The number of likely N-dealkylation sites (N-methyl/N-ethyl adjacent to an activating group) is 1. The molecule has 0 radical (unpaired) electrons. The molecule has 1 heterocycles. The molecule has 1 rings (SSSR count). The van der Waals surface area contributed by atoms with Gasteiger partial charge in [0.1, 0.15) is 0 Å². The average Bonchev–Trinajstić information content (AvgIpc) is 2.20. The molecule has 0 atom stereocenters. The third-order valence-electron chi connectivity index (χ3n) is 1.82. The van der Waals surface area contributed by atoms with E-state index in [1.165, 1.54) is 0 Å².